The molecule has 1 aliphatic carbocycles. The predicted octanol–water partition coefficient (Wildman–Crippen LogP) is 0.340. The maximum atomic E-state index is 12.3. The topological polar surface area (TPSA) is 117 Å². The zero-order valence-corrected chi connectivity index (χ0v) is 13.4. The van der Waals surface area contributed by atoms with Gasteiger partial charge in [-0.2, -0.15) is 5.10 Å². The minimum absolute atomic E-state index is 0.257. The van der Waals surface area contributed by atoms with Crippen LogP contribution in [0.25, 0.3) is 0 Å². The second-order valence-electron chi connectivity index (χ2n) is 6.09. The lowest BCUT2D eigenvalue weighted by Gasteiger charge is -2.25. The second-order valence-corrected chi connectivity index (χ2v) is 6.09. The van der Waals surface area contributed by atoms with Crippen LogP contribution in [0.2, 0.25) is 0 Å². The van der Waals surface area contributed by atoms with Crippen LogP contribution >= 0.6 is 0 Å². The van der Waals surface area contributed by atoms with Gasteiger partial charge in [-0.3, -0.25) is 9.48 Å². The Morgan fingerprint density at radius 2 is 2.13 bits per heavy atom. The lowest BCUT2D eigenvalue weighted by molar-refractivity contribution is 0.0932. The highest BCUT2D eigenvalue weighted by Crippen LogP contribution is 2.26. The summed E-state index contributed by atoms with van der Waals surface area (Å²) >= 11 is 0. The van der Waals surface area contributed by atoms with Crippen molar-refractivity contribution in [2.45, 2.75) is 50.7 Å². The lowest BCUT2D eigenvalue weighted by Crippen LogP contribution is -2.29. The van der Waals surface area contributed by atoms with Crippen LogP contribution in [0.3, 0.4) is 0 Å². The highest BCUT2D eigenvalue weighted by Gasteiger charge is 2.23. The molecule has 1 aliphatic rings. The summed E-state index contributed by atoms with van der Waals surface area (Å²) in [5.74, 6) is 0.422. The van der Waals surface area contributed by atoms with Crippen LogP contribution in [-0.4, -0.2) is 41.7 Å². The molecule has 9 nitrogen and oxygen atoms in total. The Balaban J connectivity index is 1.63. The van der Waals surface area contributed by atoms with Gasteiger partial charge in [-0.05, 0) is 32.6 Å². The highest BCUT2D eigenvalue weighted by molar-refractivity contribution is 5.92. The summed E-state index contributed by atoms with van der Waals surface area (Å²) < 4.78 is 3.42. The van der Waals surface area contributed by atoms with Gasteiger partial charge in [0, 0.05) is 13.1 Å². The number of hydrogen-bond acceptors (Lipinski definition) is 6. The molecule has 0 unspecified atom stereocenters. The molecule has 2 heterocycles. The van der Waals surface area contributed by atoms with Crippen LogP contribution in [0.5, 0.6) is 0 Å². The molecule has 0 saturated heterocycles. The third-order valence-corrected chi connectivity index (χ3v) is 4.34. The number of rotatable bonds is 4. The Hall–Kier alpha value is -2.29. The molecule has 0 bridgehead atoms. The summed E-state index contributed by atoms with van der Waals surface area (Å²) in [5, 5.41) is 15.0. The summed E-state index contributed by atoms with van der Waals surface area (Å²) in [6.45, 7) is 1.86. The number of hydrogen-bond donors (Lipinski definition) is 2. The van der Waals surface area contributed by atoms with Gasteiger partial charge >= 0.3 is 0 Å². The number of nitrogens with two attached hydrogens (primary N) is 1. The van der Waals surface area contributed by atoms with E-state index in [2.05, 4.69) is 25.7 Å². The molecule has 9 heteroatoms. The van der Waals surface area contributed by atoms with Crippen molar-refractivity contribution < 1.29 is 4.79 Å². The Labute approximate surface area is 134 Å². The number of carbonyl (C=O) groups is 1. The second kappa shape index (κ2) is 6.45. The molecule has 1 amide bonds. The molecule has 0 radical (unpaired) electrons. The molecule has 2 aromatic rings. The maximum Gasteiger partial charge on any atom is 0.274 e. The van der Waals surface area contributed by atoms with Crippen molar-refractivity contribution in [3.8, 4) is 0 Å². The molecule has 23 heavy (non-hydrogen) atoms. The largest absolute Gasteiger partial charge is 0.341 e. The third kappa shape index (κ3) is 3.39. The van der Waals surface area contributed by atoms with E-state index >= 15 is 0 Å². The number of aromatic nitrogens is 6. The standard InChI is InChI=1S/C14H22N8O/c1-9(13-16-8-17-21(13)2)18-14(23)12-7-22(20-19-12)11-5-3-10(15)4-6-11/h7-11H,3-6,15H2,1-2H3,(H,18,23)/t9-,10?,11?/m0/s1. The SMILES string of the molecule is C[C@H](NC(=O)c1cn(C2CCC(N)CC2)nn1)c1ncnn1C. The molecule has 2 aromatic heterocycles. The Morgan fingerprint density at radius 1 is 1.39 bits per heavy atom. The molecule has 124 valence electrons. The van der Waals surface area contributed by atoms with Crippen molar-refractivity contribution in [3.63, 3.8) is 0 Å². The quantitative estimate of drug-likeness (QED) is 0.839. The van der Waals surface area contributed by atoms with E-state index < -0.39 is 0 Å². The van der Waals surface area contributed by atoms with Crippen LogP contribution in [0.15, 0.2) is 12.5 Å². The van der Waals surface area contributed by atoms with Gasteiger partial charge in [-0.1, -0.05) is 5.21 Å². The Bertz CT molecular complexity index is 670. The zero-order chi connectivity index (χ0) is 16.4. The van der Waals surface area contributed by atoms with Gasteiger partial charge in [-0.15, -0.1) is 5.10 Å². The first-order valence-electron chi connectivity index (χ1n) is 7.86. The van der Waals surface area contributed by atoms with E-state index in [-0.39, 0.29) is 24.0 Å². The van der Waals surface area contributed by atoms with Crippen molar-refractivity contribution >= 4 is 5.91 Å². The van der Waals surface area contributed by atoms with Crippen molar-refractivity contribution in [1.29, 1.82) is 0 Å². The highest BCUT2D eigenvalue weighted by atomic mass is 16.2. The maximum absolute atomic E-state index is 12.3. The van der Waals surface area contributed by atoms with Gasteiger partial charge in [0.2, 0.25) is 0 Å². The number of amides is 1. The molecule has 0 aromatic carbocycles. The van der Waals surface area contributed by atoms with E-state index in [9.17, 15) is 4.79 Å². The first kappa shape index (κ1) is 15.6. The van der Waals surface area contributed by atoms with Crippen molar-refractivity contribution in [3.05, 3.63) is 24.0 Å². The number of nitrogens with one attached hydrogen (secondary N) is 1. The van der Waals surface area contributed by atoms with Crippen LogP contribution in [0, 0.1) is 0 Å². The van der Waals surface area contributed by atoms with Crippen molar-refractivity contribution in [1.82, 2.24) is 35.1 Å². The number of aryl methyl sites for hydroxylation is 1. The summed E-state index contributed by atoms with van der Waals surface area (Å²) in [7, 11) is 1.79. The molecule has 0 aliphatic heterocycles. The zero-order valence-electron chi connectivity index (χ0n) is 13.4. The average molecular weight is 318 g/mol. The summed E-state index contributed by atoms with van der Waals surface area (Å²) in [6.07, 6.45) is 7.08. The fourth-order valence-corrected chi connectivity index (χ4v) is 2.96. The Morgan fingerprint density at radius 3 is 2.78 bits per heavy atom. The molecule has 3 rings (SSSR count). The van der Waals surface area contributed by atoms with Crippen LogP contribution in [0.4, 0.5) is 0 Å². The van der Waals surface area contributed by atoms with E-state index in [1.165, 1.54) is 6.33 Å². The van der Waals surface area contributed by atoms with E-state index in [1.807, 2.05) is 6.92 Å². The lowest BCUT2D eigenvalue weighted by atomic mass is 9.92. The van der Waals surface area contributed by atoms with Crippen molar-refractivity contribution in [2.24, 2.45) is 12.8 Å². The minimum Gasteiger partial charge on any atom is -0.341 e. The van der Waals surface area contributed by atoms with E-state index in [4.69, 9.17) is 5.73 Å². The summed E-state index contributed by atoms with van der Waals surface area (Å²) in [6, 6.07) is 0.303. The predicted molar refractivity (Wildman–Crippen MR) is 82.4 cm³/mol. The van der Waals surface area contributed by atoms with Gasteiger partial charge in [0.05, 0.1) is 18.3 Å². The molecule has 1 fully saturated rings. The molecule has 0 spiro atoms. The Kier molecular flexibility index (Phi) is 4.37. The van der Waals surface area contributed by atoms with Crippen molar-refractivity contribution in [2.75, 3.05) is 0 Å². The van der Waals surface area contributed by atoms with E-state index in [0.717, 1.165) is 25.7 Å². The van der Waals surface area contributed by atoms with Crippen LogP contribution < -0.4 is 11.1 Å². The van der Waals surface area contributed by atoms with Gasteiger partial charge in [0.25, 0.3) is 5.91 Å². The molecule has 1 atom stereocenters. The number of carbonyl (C=O) groups excluding carboxylic acids is 1. The van der Waals surface area contributed by atoms with Gasteiger partial charge in [0.1, 0.15) is 12.2 Å². The first-order chi connectivity index (χ1) is 11.0. The smallest absolute Gasteiger partial charge is 0.274 e. The molecular weight excluding hydrogens is 296 g/mol. The van der Waals surface area contributed by atoms with Gasteiger partial charge in [-0.25, -0.2) is 9.67 Å². The number of nitrogens with zero attached hydrogens (tertiary/aromatic N) is 6. The third-order valence-electron chi connectivity index (χ3n) is 4.34. The van der Waals surface area contributed by atoms with E-state index in [0.29, 0.717) is 11.5 Å². The fourth-order valence-electron chi connectivity index (χ4n) is 2.96. The molecular formula is C14H22N8O. The minimum atomic E-state index is -0.265. The van der Waals surface area contributed by atoms with Gasteiger partial charge < -0.3 is 11.1 Å². The van der Waals surface area contributed by atoms with Crippen LogP contribution in [-0.2, 0) is 7.05 Å². The molecule has 1 saturated carbocycles. The van der Waals surface area contributed by atoms with Gasteiger partial charge in [0.15, 0.2) is 5.69 Å². The average Bonchev–Trinajstić information content (AvgIpc) is 3.17. The summed E-state index contributed by atoms with van der Waals surface area (Å²) in [4.78, 5) is 16.4. The fraction of sp³-hybridized carbons (Fsp3) is 0.643. The monoisotopic (exact) mass is 318 g/mol. The normalized spacial score (nSPS) is 22.7. The summed E-state index contributed by atoms with van der Waals surface area (Å²) in [5.41, 5.74) is 6.23. The first-order valence-corrected chi connectivity index (χ1v) is 7.86. The van der Waals surface area contributed by atoms with Crippen LogP contribution in [0.1, 0.15) is 61.0 Å². The van der Waals surface area contributed by atoms with E-state index in [1.54, 1.807) is 22.6 Å². The molecule has 3 N–H and O–H groups in total.